The number of nitrogens with zero attached hydrogens (tertiary/aromatic N) is 2. The van der Waals surface area contributed by atoms with Crippen molar-refractivity contribution in [3.8, 4) is 0 Å². The zero-order valence-electron chi connectivity index (χ0n) is 13.7. The van der Waals surface area contributed by atoms with Gasteiger partial charge in [0.2, 0.25) is 0 Å². The molecule has 0 spiro atoms. The Balaban J connectivity index is 3.12. The van der Waals surface area contributed by atoms with Gasteiger partial charge in [-0.1, -0.05) is 41.5 Å². The molecule has 0 aromatic carbocycles. The molecular weight excluding hydrogens is 232 g/mol. The summed E-state index contributed by atoms with van der Waals surface area (Å²) in [6.45, 7) is 15.6. The van der Waals surface area contributed by atoms with E-state index in [1.54, 1.807) is 0 Å². The average Bonchev–Trinajstić information content (AvgIpc) is 2.22. The van der Waals surface area contributed by atoms with Gasteiger partial charge in [0.15, 0.2) is 0 Å². The minimum absolute atomic E-state index is 0.634. The predicted molar refractivity (Wildman–Crippen MR) is 82.4 cm³/mol. The third kappa shape index (κ3) is 5.30. The van der Waals surface area contributed by atoms with Crippen LogP contribution in [0.3, 0.4) is 0 Å². The van der Waals surface area contributed by atoms with Gasteiger partial charge in [0.25, 0.3) is 0 Å². The van der Waals surface area contributed by atoms with Crippen molar-refractivity contribution < 1.29 is 0 Å². The van der Waals surface area contributed by atoms with Crippen LogP contribution in [0.15, 0.2) is 0 Å². The first-order valence-electron chi connectivity index (χ1n) is 7.64. The van der Waals surface area contributed by atoms with Gasteiger partial charge < -0.3 is 0 Å². The van der Waals surface area contributed by atoms with Gasteiger partial charge in [-0.2, -0.15) is 0 Å². The Labute approximate surface area is 119 Å². The quantitative estimate of drug-likeness (QED) is 0.760. The molecule has 0 unspecified atom stereocenters. The first-order chi connectivity index (χ1) is 8.79. The largest absolute Gasteiger partial charge is 0.254 e. The molecule has 1 aromatic heterocycles. The molecule has 0 atom stereocenters. The Morgan fingerprint density at radius 1 is 0.632 bits per heavy atom. The van der Waals surface area contributed by atoms with E-state index >= 15 is 0 Å². The SMILES string of the molecule is Cc1nc(CC(C)C)c(CC(C)C)nc1CC(C)C. The molecule has 0 radical (unpaired) electrons. The third-order valence-electron chi connectivity index (χ3n) is 3.13. The van der Waals surface area contributed by atoms with E-state index in [0.717, 1.165) is 25.0 Å². The van der Waals surface area contributed by atoms with E-state index in [9.17, 15) is 0 Å². The molecule has 1 heterocycles. The minimum Gasteiger partial charge on any atom is -0.254 e. The van der Waals surface area contributed by atoms with Crippen molar-refractivity contribution in [3.05, 3.63) is 22.8 Å². The van der Waals surface area contributed by atoms with Gasteiger partial charge in [-0.25, -0.2) is 0 Å². The summed E-state index contributed by atoms with van der Waals surface area (Å²) in [5.41, 5.74) is 4.76. The second-order valence-corrected chi connectivity index (χ2v) is 6.94. The van der Waals surface area contributed by atoms with Crippen LogP contribution >= 0.6 is 0 Å². The van der Waals surface area contributed by atoms with Gasteiger partial charge in [-0.15, -0.1) is 0 Å². The molecule has 0 aliphatic heterocycles. The Morgan fingerprint density at radius 2 is 1.00 bits per heavy atom. The highest BCUT2D eigenvalue weighted by Gasteiger charge is 2.14. The standard InChI is InChI=1S/C17H30N2/c1-11(2)8-15-14(7)18-16(9-12(3)4)17(19-15)10-13(5)6/h11-13H,8-10H2,1-7H3. The van der Waals surface area contributed by atoms with Crippen LogP contribution in [0.2, 0.25) is 0 Å². The van der Waals surface area contributed by atoms with E-state index in [0.29, 0.717) is 17.8 Å². The van der Waals surface area contributed by atoms with Crippen molar-refractivity contribution in [1.29, 1.82) is 0 Å². The molecule has 2 heteroatoms. The number of hydrogen-bond acceptors (Lipinski definition) is 2. The van der Waals surface area contributed by atoms with E-state index in [-0.39, 0.29) is 0 Å². The molecule has 0 aliphatic rings. The van der Waals surface area contributed by atoms with Crippen molar-refractivity contribution in [2.45, 2.75) is 67.7 Å². The van der Waals surface area contributed by atoms with Gasteiger partial charge in [0.1, 0.15) is 0 Å². The van der Waals surface area contributed by atoms with Crippen LogP contribution in [0.5, 0.6) is 0 Å². The lowest BCUT2D eigenvalue weighted by Crippen LogP contribution is -2.13. The van der Waals surface area contributed by atoms with Crippen LogP contribution in [0.25, 0.3) is 0 Å². The van der Waals surface area contributed by atoms with Crippen molar-refractivity contribution >= 4 is 0 Å². The predicted octanol–water partition coefficient (Wildman–Crippen LogP) is 4.38. The zero-order valence-corrected chi connectivity index (χ0v) is 13.7. The molecule has 19 heavy (non-hydrogen) atoms. The fraction of sp³-hybridized carbons (Fsp3) is 0.765. The molecule has 0 fully saturated rings. The maximum Gasteiger partial charge on any atom is 0.0624 e. The van der Waals surface area contributed by atoms with Gasteiger partial charge in [0, 0.05) is 0 Å². The van der Waals surface area contributed by atoms with Gasteiger partial charge in [-0.05, 0) is 43.9 Å². The highest BCUT2D eigenvalue weighted by molar-refractivity contribution is 5.21. The normalized spacial score (nSPS) is 11.9. The fourth-order valence-electron chi connectivity index (χ4n) is 2.32. The Kier molecular flexibility index (Phi) is 5.96. The lowest BCUT2D eigenvalue weighted by molar-refractivity contribution is 0.576. The van der Waals surface area contributed by atoms with Crippen LogP contribution in [0.1, 0.15) is 64.3 Å². The van der Waals surface area contributed by atoms with Crippen molar-refractivity contribution in [2.24, 2.45) is 17.8 Å². The summed E-state index contributed by atoms with van der Waals surface area (Å²) in [6.07, 6.45) is 3.12. The topological polar surface area (TPSA) is 25.8 Å². The van der Waals surface area contributed by atoms with E-state index in [2.05, 4.69) is 48.5 Å². The van der Waals surface area contributed by atoms with Crippen LogP contribution in [-0.4, -0.2) is 9.97 Å². The van der Waals surface area contributed by atoms with E-state index in [1.807, 2.05) is 0 Å². The Bertz CT molecular complexity index is 406. The molecule has 0 N–H and O–H groups in total. The number of rotatable bonds is 6. The average molecular weight is 262 g/mol. The zero-order chi connectivity index (χ0) is 14.6. The number of hydrogen-bond donors (Lipinski definition) is 0. The summed E-state index contributed by atoms with van der Waals surface area (Å²) < 4.78 is 0. The van der Waals surface area contributed by atoms with E-state index in [1.165, 1.54) is 17.1 Å². The highest BCUT2D eigenvalue weighted by atomic mass is 14.8. The maximum atomic E-state index is 4.94. The molecule has 108 valence electrons. The second-order valence-electron chi connectivity index (χ2n) is 6.94. The summed E-state index contributed by atoms with van der Waals surface area (Å²) in [5.74, 6) is 1.90. The summed E-state index contributed by atoms with van der Waals surface area (Å²) >= 11 is 0. The van der Waals surface area contributed by atoms with Crippen molar-refractivity contribution in [1.82, 2.24) is 9.97 Å². The molecule has 1 rings (SSSR count). The maximum absolute atomic E-state index is 4.94. The van der Waals surface area contributed by atoms with E-state index < -0.39 is 0 Å². The molecular formula is C17H30N2. The summed E-state index contributed by atoms with van der Waals surface area (Å²) in [7, 11) is 0. The van der Waals surface area contributed by atoms with Crippen LogP contribution in [-0.2, 0) is 19.3 Å². The molecule has 0 saturated carbocycles. The smallest absolute Gasteiger partial charge is 0.0624 e. The molecule has 0 saturated heterocycles. The lowest BCUT2D eigenvalue weighted by Gasteiger charge is -2.16. The number of aryl methyl sites for hydroxylation is 1. The summed E-state index contributed by atoms with van der Waals surface area (Å²) in [6, 6.07) is 0. The van der Waals surface area contributed by atoms with Gasteiger partial charge >= 0.3 is 0 Å². The molecule has 0 bridgehead atoms. The van der Waals surface area contributed by atoms with Crippen LogP contribution < -0.4 is 0 Å². The minimum atomic E-state index is 0.634. The van der Waals surface area contributed by atoms with E-state index in [4.69, 9.17) is 9.97 Å². The van der Waals surface area contributed by atoms with Gasteiger partial charge in [0.05, 0.1) is 22.8 Å². The summed E-state index contributed by atoms with van der Waals surface area (Å²) in [4.78, 5) is 9.80. The Morgan fingerprint density at radius 3 is 1.42 bits per heavy atom. The third-order valence-corrected chi connectivity index (χ3v) is 3.13. The van der Waals surface area contributed by atoms with Crippen LogP contribution in [0, 0.1) is 24.7 Å². The molecule has 0 aliphatic carbocycles. The second kappa shape index (κ2) is 7.02. The fourth-order valence-corrected chi connectivity index (χ4v) is 2.32. The first kappa shape index (κ1) is 16.1. The Hall–Kier alpha value is -0.920. The monoisotopic (exact) mass is 262 g/mol. The molecule has 2 nitrogen and oxygen atoms in total. The molecule has 0 amide bonds. The number of aromatic nitrogens is 2. The molecule has 1 aromatic rings. The summed E-state index contributed by atoms with van der Waals surface area (Å²) in [5, 5.41) is 0. The lowest BCUT2D eigenvalue weighted by atomic mass is 9.99. The van der Waals surface area contributed by atoms with Crippen molar-refractivity contribution in [2.75, 3.05) is 0 Å². The first-order valence-corrected chi connectivity index (χ1v) is 7.64. The highest BCUT2D eigenvalue weighted by Crippen LogP contribution is 2.18. The van der Waals surface area contributed by atoms with Gasteiger partial charge in [-0.3, -0.25) is 9.97 Å². The van der Waals surface area contributed by atoms with Crippen LogP contribution in [0.4, 0.5) is 0 Å². The van der Waals surface area contributed by atoms with Crippen molar-refractivity contribution in [3.63, 3.8) is 0 Å².